The summed E-state index contributed by atoms with van der Waals surface area (Å²) in [7, 11) is 0. The van der Waals surface area contributed by atoms with Crippen LogP contribution < -0.4 is 11.1 Å². The van der Waals surface area contributed by atoms with Crippen molar-refractivity contribution in [3.05, 3.63) is 69.2 Å². The van der Waals surface area contributed by atoms with Crippen LogP contribution in [0.15, 0.2) is 58.1 Å². The lowest BCUT2D eigenvalue weighted by molar-refractivity contribution is 1.08. The van der Waals surface area contributed by atoms with Gasteiger partial charge in [0.2, 0.25) is 0 Å². The zero-order chi connectivity index (χ0) is 15.1. The average molecular weight is 290 g/mol. The van der Waals surface area contributed by atoms with Crippen LogP contribution in [0.1, 0.15) is 0 Å². The van der Waals surface area contributed by atoms with Crippen molar-refractivity contribution in [1.29, 1.82) is 0 Å². The monoisotopic (exact) mass is 290 g/mol. The molecule has 0 atom stereocenters. The van der Waals surface area contributed by atoms with E-state index in [1.165, 1.54) is 0 Å². The van der Waals surface area contributed by atoms with Crippen LogP contribution >= 0.6 is 0 Å². The first-order chi connectivity index (χ1) is 10.7. The van der Waals surface area contributed by atoms with Gasteiger partial charge in [-0.05, 0) is 24.3 Å². The topological polar surface area (TPSA) is 91.5 Å². The molecule has 106 valence electrons. The van der Waals surface area contributed by atoms with Crippen molar-refractivity contribution >= 4 is 21.8 Å². The number of hydrogen-bond acceptors (Lipinski definition) is 4. The Hall–Kier alpha value is -3.28. The van der Waals surface area contributed by atoms with Crippen LogP contribution in [0.4, 0.5) is 0 Å². The minimum Gasteiger partial charge on any atom is -0.336 e. The number of benzene rings is 2. The molecule has 0 aliphatic heterocycles. The Labute approximate surface area is 123 Å². The van der Waals surface area contributed by atoms with Crippen molar-refractivity contribution in [3.8, 4) is 11.6 Å². The maximum absolute atomic E-state index is 12.1. The summed E-state index contributed by atoms with van der Waals surface area (Å²) < 4.78 is 0. The molecule has 22 heavy (non-hydrogen) atoms. The normalized spacial score (nSPS) is 11.1. The van der Waals surface area contributed by atoms with E-state index in [0.29, 0.717) is 21.8 Å². The fourth-order valence-corrected chi connectivity index (χ4v) is 2.42. The zero-order valence-corrected chi connectivity index (χ0v) is 11.3. The molecule has 0 aliphatic carbocycles. The van der Waals surface area contributed by atoms with Crippen molar-refractivity contribution in [2.75, 3.05) is 0 Å². The highest BCUT2D eigenvalue weighted by Gasteiger charge is 2.10. The summed E-state index contributed by atoms with van der Waals surface area (Å²) in [6.45, 7) is 0. The third-order valence-corrected chi connectivity index (χ3v) is 3.47. The van der Waals surface area contributed by atoms with E-state index in [4.69, 9.17) is 0 Å². The number of rotatable bonds is 1. The molecule has 0 spiro atoms. The molecule has 0 aliphatic rings. The molecule has 0 bridgehead atoms. The summed E-state index contributed by atoms with van der Waals surface area (Å²) in [6, 6.07) is 14.1. The van der Waals surface area contributed by atoms with E-state index in [0.717, 1.165) is 0 Å². The van der Waals surface area contributed by atoms with Gasteiger partial charge in [0.1, 0.15) is 0 Å². The van der Waals surface area contributed by atoms with Crippen molar-refractivity contribution in [2.45, 2.75) is 0 Å². The molecule has 0 saturated carbocycles. The molecular weight excluding hydrogens is 280 g/mol. The predicted octanol–water partition coefficient (Wildman–Crippen LogP) is 1.83. The van der Waals surface area contributed by atoms with Gasteiger partial charge in [-0.2, -0.15) is 9.97 Å². The fourth-order valence-electron chi connectivity index (χ4n) is 2.42. The highest BCUT2D eigenvalue weighted by atomic mass is 16.1. The molecule has 6 heteroatoms. The summed E-state index contributed by atoms with van der Waals surface area (Å²) >= 11 is 0. The van der Waals surface area contributed by atoms with Crippen molar-refractivity contribution in [3.63, 3.8) is 0 Å². The molecule has 2 heterocycles. The number of para-hydroxylation sites is 2. The van der Waals surface area contributed by atoms with E-state index in [1.54, 1.807) is 36.4 Å². The molecule has 4 aromatic rings. The van der Waals surface area contributed by atoms with Crippen LogP contribution in [0, 0.1) is 0 Å². The summed E-state index contributed by atoms with van der Waals surface area (Å²) in [6.07, 6.45) is 0. The number of aromatic amines is 2. The SMILES string of the molecule is O=c1nc(-c2nc(=O)c3ccccc3[nH]2)[nH]c2ccccc12. The fraction of sp³-hybridized carbons (Fsp3) is 0. The molecule has 0 unspecified atom stereocenters. The zero-order valence-electron chi connectivity index (χ0n) is 11.3. The number of hydrogen-bond donors (Lipinski definition) is 2. The first-order valence-corrected chi connectivity index (χ1v) is 6.71. The maximum Gasteiger partial charge on any atom is 0.281 e. The molecule has 2 N–H and O–H groups in total. The molecule has 6 nitrogen and oxygen atoms in total. The minimum atomic E-state index is -0.361. The van der Waals surface area contributed by atoms with Gasteiger partial charge < -0.3 is 9.97 Å². The Bertz CT molecular complexity index is 1040. The molecule has 2 aromatic heterocycles. The van der Waals surface area contributed by atoms with E-state index in [2.05, 4.69) is 19.9 Å². The average Bonchev–Trinajstić information content (AvgIpc) is 2.55. The van der Waals surface area contributed by atoms with Gasteiger partial charge in [-0.3, -0.25) is 9.59 Å². The summed E-state index contributed by atoms with van der Waals surface area (Å²) in [4.78, 5) is 38.2. The van der Waals surface area contributed by atoms with Gasteiger partial charge in [0.15, 0.2) is 11.6 Å². The largest absolute Gasteiger partial charge is 0.336 e. The number of aromatic nitrogens is 4. The lowest BCUT2D eigenvalue weighted by Crippen LogP contribution is -2.14. The third-order valence-electron chi connectivity index (χ3n) is 3.47. The van der Waals surface area contributed by atoms with Crippen LogP contribution in [0.2, 0.25) is 0 Å². The Kier molecular flexibility index (Phi) is 2.62. The molecule has 0 saturated heterocycles. The van der Waals surface area contributed by atoms with Crippen LogP contribution in [-0.4, -0.2) is 19.9 Å². The summed E-state index contributed by atoms with van der Waals surface area (Å²) in [5.74, 6) is 0.484. The van der Waals surface area contributed by atoms with Gasteiger partial charge in [0.05, 0.1) is 21.8 Å². The summed E-state index contributed by atoms with van der Waals surface area (Å²) in [5.41, 5.74) is 0.571. The number of fused-ring (bicyclic) bond motifs is 2. The molecular formula is C16H10N4O2. The molecule has 0 radical (unpaired) electrons. The molecule has 4 rings (SSSR count). The molecule has 2 aromatic carbocycles. The Morgan fingerprint density at radius 2 is 1.05 bits per heavy atom. The molecule has 0 fully saturated rings. The highest BCUT2D eigenvalue weighted by molar-refractivity contribution is 5.80. The van der Waals surface area contributed by atoms with E-state index < -0.39 is 0 Å². The number of nitrogens with zero attached hydrogens (tertiary/aromatic N) is 2. The van der Waals surface area contributed by atoms with Crippen molar-refractivity contribution in [1.82, 2.24) is 19.9 Å². The van der Waals surface area contributed by atoms with Crippen LogP contribution in [-0.2, 0) is 0 Å². The summed E-state index contributed by atoms with van der Waals surface area (Å²) in [5, 5.41) is 0.990. The predicted molar refractivity (Wildman–Crippen MR) is 83.7 cm³/mol. The van der Waals surface area contributed by atoms with Gasteiger partial charge in [-0.1, -0.05) is 24.3 Å². The second kappa shape index (κ2) is 4.63. The van der Waals surface area contributed by atoms with E-state index in [9.17, 15) is 9.59 Å². The number of H-pyrrole nitrogens is 2. The van der Waals surface area contributed by atoms with E-state index >= 15 is 0 Å². The molecule has 0 amide bonds. The Balaban J connectivity index is 2.03. The standard InChI is InChI=1S/C16H10N4O2/c21-15-9-5-1-3-7-11(9)17-13(19-15)14-18-12-8-4-2-6-10(12)16(22)20-14/h1-8H,(H,17,19,21)(H,18,20,22). The lowest BCUT2D eigenvalue weighted by atomic mass is 10.2. The van der Waals surface area contributed by atoms with Crippen molar-refractivity contribution < 1.29 is 0 Å². The maximum atomic E-state index is 12.1. The Morgan fingerprint density at radius 3 is 1.50 bits per heavy atom. The second-order valence-electron chi connectivity index (χ2n) is 4.87. The first-order valence-electron chi connectivity index (χ1n) is 6.71. The van der Waals surface area contributed by atoms with Crippen molar-refractivity contribution in [2.24, 2.45) is 0 Å². The smallest absolute Gasteiger partial charge is 0.281 e. The van der Waals surface area contributed by atoms with Crippen LogP contribution in [0.5, 0.6) is 0 Å². The van der Waals surface area contributed by atoms with Crippen LogP contribution in [0.25, 0.3) is 33.5 Å². The lowest BCUT2D eigenvalue weighted by Gasteiger charge is -2.04. The van der Waals surface area contributed by atoms with Gasteiger partial charge in [0, 0.05) is 0 Å². The van der Waals surface area contributed by atoms with E-state index in [-0.39, 0.29) is 22.8 Å². The Morgan fingerprint density at radius 1 is 0.636 bits per heavy atom. The number of nitrogens with one attached hydrogen (secondary N) is 2. The van der Waals surface area contributed by atoms with Gasteiger partial charge in [-0.25, -0.2) is 0 Å². The minimum absolute atomic E-state index is 0.242. The third kappa shape index (κ3) is 1.89. The second-order valence-corrected chi connectivity index (χ2v) is 4.87. The quantitative estimate of drug-likeness (QED) is 0.559. The van der Waals surface area contributed by atoms with E-state index in [1.807, 2.05) is 12.1 Å². The van der Waals surface area contributed by atoms with Crippen LogP contribution in [0.3, 0.4) is 0 Å². The van der Waals surface area contributed by atoms with Gasteiger partial charge >= 0.3 is 0 Å². The van der Waals surface area contributed by atoms with Gasteiger partial charge in [0.25, 0.3) is 11.1 Å². The first kappa shape index (κ1) is 12.5. The van der Waals surface area contributed by atoms with Gasteiger partial charge in [-0.15, -0.1) is 0 Å². The highest BCUT2D eigenvalue weighted by Crippen LogP contribution is 2.14.